The summed E-state index contributed by atoms with van der Waals surface area (Å²) in [5, 5.41) is 8.87. The Morgan fingerprint density at radius 3 is 2.47 bits per heavy atom. The lowest BCUT2D eigenvalue weighted by molar-refractivity contribution is -0.158. The van der Waals surface area contributed by atoms with E-state index in [1.807, 2.05) is 0 Å². The Labute approximate surface area is 89.3 Å². The molecule has 1 aliphatic heterocycles. The summed E-state index contributed by atoms with van der Waals surface area (Å²) in [6.07, 6.45) is 6.75. The molecule has 1 N–H and O–H groups in total. The van der Waals surface area contributed by atoms with Crippen molar-refractivity contribution in [3.63, 3.8) is 0 Å². The van der Waals surface area contributed by atoms with E-state index in [0.29, 0.717) is 12.6 Å². The fourth-order valence-electron chi connectivity index (χ4n) is 2.75. The normalized spacial score (nSPS) is 33.3. The highest BCUT2D eigenvalue weighted by molar-refractivity contribution is 5.79. The number of hydrogen-bond donors (Lipinski definition) is 1. The number of likely N-dealkylation sites (tertiary alicyclic amines) is 1. The van der Waals surface area contributed by atoms with E-state index < -0.39 is 11.9 Å². The number of rotatable bonds is 3. The lowest BCUT2D eigenvalue weighted by Gasteiger charge is -2.48. The minimum Gasteiger partial charge on any atom is -0.481 e. The molecule has 0 amide bonds. The van der Waals surface area contributed by atoms with Gasteiger partial charge in [-0.05, 0) is 12.8 Å². The number of carbonyl (C=O) groups is 2. The Bertz CT molecular complexity index is 261. The van der Waals surface area contributed by atoms with Gasteiger partial charge in [-0.3, -0.25) is 9.69 Å². The predicted molar refractivity (Wildman–Crippen MR) is 54.6 cm³/mol. The molecule has 2 rings (SSSR count). The molecule has 0 bridgehead atoms. The van der Waals surface area contributed by atoms with Crippen LogP contribution in [0.25, 0.3) is 0 Å². The third-order valence-electron chi connectivity index (χ3n) is 3.70. The van der Waals surface area contributed by atoms with Crippen molar-refractivity contribution in [2.75, 3.05) is 6.54 Å². The molecule has 2 atom stereocenters. The summed E-state index contributed by atoms with van der Waals surface area (Å²) in [6, 6.07) is 0.0788. The number of carboxylic acids is 1. The molecule has 4 heteroatoms. The molecule has 0 radical (unpaired) electrons. The van der Waals surface area contributed by atoms with Crippen LogP contribution in [0.4, 0.5) is 0 Å². The van der Waals surface area contributed by atoms with Crippen molar-refractivity contribution in [2.24, 2.45) is 5.92 Å². The summed E-state index contributed by atoms with van der Waals surface area (Å²) < 4.78 is 0. The van der Waals surface area contributed by atoms with Crippen LogP contribution in [0, 0.1) is 5.92 Å². The van der Waals surface area contributed by atoms with Gasteiger partial charge >= 0.3 is 5.97 Å². The number of nitrogens with zero attached hydrogens (tertiary/aromatic N) is 1. The van der Waals surface area contributed by atoms with Crippen LogP contribution in [0.2, 0.25) is 0 Å². The fourth-order valence-corrected chi connectivity index (χ4v) is 2.75. The van der Waals surface area contributed by atoms with Crippen LogP contribution >= 0.6 is 0 Å². The van der Waals surface area contributed by atoms with Crippen molar-refractivity contribution < 1.29 is 14.7 Å². The Hall–Kier alpha value is -0.900. The van der Waals surface area contributed by atoms with Gasteiger partial charge in [0.05, 0.1) is 12.0 Å². The summed E-state index contributed by atoms with van der Waals surface area (Å²) in [7, 11) is 0. The zero-order chi connectivity index (χ0) is 10.8. The maximum absolute atomic E-state index is 10.9. The van der Waals surface area contributed by atoms with E-state index in [9.17, 15) is 9.59 Å². The van der Waals surface area contributed by atoms with E-state index in [-0.39, 0.29) is 6.04 Å². The first kappa shape index (κ1) is 10.6. The van der Waals surface area contributed by atoms with E-state index in [1.165, 1.54) is 19.3 Å². The minimum absolute atomic E-state index is 0.370. The molecule has 15 heavy (non-hydrogen) atoms. The smallest absolute Gasteiger partial charge is 0.309 e. The maximum Gasteiger partial charge on any atom is 0.309 e. The zero-order valence-electron chi connectivity index (χ0n) is 8.76. The van der Waals surface area contributed by atoms with Gasteiger partial charge in [-0.25, -0.2) is 0 Å². The van der Waals surface area contributed by atoms with Crippen LogP contribution < -0.4 is 0 Å². The van der Waals surface area contributed by atoms with Gasteiger partial charge < -0.3 is 9.90 Å². The van der Waals surface area contributed by atoms with Gasteiger partial charge in [-0.1, -0.05) is 19.3 Å². The molecule has 4 nitrogen and oxygen atoms in total. The van der Waals surface area contributed by atoms with E-state index >= 15 is 0 Å². The van der Waals surface area contributed by atoms with Gasteiger partial charge in [-0.15, -0.1) is 0 Å². The van der Waals surface area contributed by atoms with Crippen LogP contribution in [-0.2, 0) is 9.59 Å². The summed E-state index contributed by atoms with van der Waals surface area (Å²) in [6.45, 7) is 0.559. The highest BCUT2D eigenvalue weighted by Crippen LogP contribution is 2.32. The standard InChI is InChI=1S/C11H17NO3/c13-7-10-9(11(14)15)6-12(10)8-4-2-1-3-5-8/h7-10H,1-6H2,(H,14,15)/t9?,10-/m1/s1. The monoisotopic (exact) mass is 211 g/mol. The molecule has 1 saturated heterocycles. The van der Waals surface area contributed by atoms with E-state index in [0.717, 1.165) is 19.1 Å². The van der Waals surface area contributed by atoms with Crippen molar-refractivity contribution in [2.45, 2.75) is 44.2 Å². The lowest BCUT2D eigenvalue weighted by atomic mass is 9.83. The lowest BCUT2D eigenvalue weighted by Crippen LogP contribution is -2.63. The SMILES string of the molecule is O=C[C@@H]1C(C(=O)O)CN1C1CCCCC1. The molecular weight excluding hydrogens is 194 g/mol. The summed E-state index contributed by atoms with van der Waals surface area (Å²) in [5.74, 6) is -1.30. The largest absolute Gasteiger partial charge is 0.481 e. The molecule has 2 fully saturated rings. The summed E-state index contributed by atoms with van der Waals surface area (Å²) in [4.78, 5) is 23.7. The number of aliphatic carboxylic acids is 1. The van der Waals surface area contributed by atoms with Gasteiger partial charge in [0, 0.05) is 12.6 Å². The zero-order valence-corrected chi connectivity index (χ0v) is 8.76. The molecule has 1 saturated carbocycles. The molecule has 0 spiro atoms. The maximum atomic E-state index is 10.9. The summed E-state index contributed by atoms with van der Waals surface area (Å²) in [5.41, 5.74) is 0. The highest BCUT2D eigenvalue weighted by atomic mass is 16.4. The van der Waals surface area contributed by atoms with Gasteiger partial charge in [-0.2, -0.15) is 0 Å². The molecule has 1 aliphatic carbocycles. The fraction of sp³-hybridized carbons (Fsp3) is 0.818. The van der Waals surface area contributed by atoms with Crippen LogP contribution in [0.5, 0.6) is 0 Å². The predicted octanol–water partition coefficient (Wildman–Crippen LogP) is 0.903. The van der Waals surface area contributed by atoms with Gasteiger partial charge in [0.2, 0.25) is 0 Å². The Morgan fingerprint density at radius 1 is 1.27 bits per heavy atom. The number of hydrogen-bond acceptors (Lipinski definition) is 3. The first-order valence-electron chi connectivity index (χ1n) is 5.68. The van der Waals surface area contributed by atoms with Crippen LogP contribution in [0.1, 0.15) is 32.1 Å². The molecule has 0 aromatic rings. The average molecular weight is 211 g/mol. The molecule has 0 aromatic carbocycles. The minimum atomic E-state index is -0.834. The molecule has 2 aliphatic rings. The van der Waals surface area contributed by atoms with E-state index in [4.69, 9.17) is 5.11 Å². The Kier molecular flexibility index (Phi) is 3.05. The summed E-state index contributed by atoms with van der Waals surface area (Å²) >= 11 is 0. The van der Waals surface area contributed by atoms with Gasteiger partial charge in [0.1, 0.15) is 6.29 Å². The highest BCUT2D eigenvalue weighted by Gasteiger charge is 2.46. The van der Waals surface area contributed by atoms with Crippen molar-refractivity contribution in [3.05, 3.63) is 0 Å². The topological polar surface area (TPSA) is 57.6 Å². The molecule has 1 unspecified atom stereocenters. The van der Waals surface area contributed by atoms with Crippen molar-refractivity contribution >= 4 is 12.3 Å². The number of carboxylic acid groups (broad SMARTS) is 1. The molecule has 84 valence electrons. The van der Waals surface area contributed by atoms with Crippen molar-refractivity contribution in [1.29, 1.82) is 0 Å². The second kappa shape index (κ2) is 4.31. The third kappa shape index (κ3) is 1.91. The number of carbonyl (C=O) groups excluding carboxylic acids is 1. The Balaban J connectivity index is 1.94. The quantitative estimate of drug-likeness (QED) is 0.705. The second-order valence-electron chi connectivity index (χ2n) is 4.56. The average Bonchev–Trinajstić information content (AvgIpc) is 2.18. The van der Waals surface area contributed by atoms with Crippen LogP contribution in [0.15, 0.2) is 0 Å². The van der Waals surface area contributed by atoms with E-state index in [1.54, 1.807) is 0 Å². The van der Waals surface area contributed by atoms with Crippen LogP contribution in [-0.4, -0.2) is 40.9 Å². The molecule has 0 aromatic heterocycles. The molecular formula is C11H17NO3. The molecule has 1 heterocycles. The Morgan fingerprint density at radius 2 is 1.93 bits per heavy atom. The van der Waals surface area contributed by atoms with Crippen molar-refractivity contribution in [1.82, 2.24) is 4.90 Å². The van der Waals surface area contributed by atoms with Crippen LogP contribution in [0.3, 0.4) is 0 Å². The second-order valence-corrected chi connectivity index (χ2v) is 4.56. The van der Waals surface area contributed by atoms with Gasteiger partial charge in [0.15, 0.2) is 0 Å². The first-order valence-corrected chi connectivity index (χ1v) is 5.68. The first-order chi connectivity index (χ1) is 7.24. The number of aldehydes is 1. The van der Waals surface area contributed by atoms with E-state index in [2.05, 4.69) is 4.90 Å². The van der Waals surface area contributed by atoms with Gasteiger partial charge in [0.25, 0.3) is 0 Å². The third-order valence-corrected chi connectivity index (χ3v) is 3.70. The van der Waals surface area contributed by atoms with Crippen molar-refractivity contribution in [3.8, 4) is 0 Å².